The predicted molar refractivity (Wildman–Crippen MR) is 91.6 cm³/mol. The number of nitrogens with zero attached hydrogens (tertiary/aromatic N) is 2. The molecule has 2 heterocycles. The summed E-state index contributed by atoms with van der Waals surface area (Å²) in [4.78, 5) is 18.7. The summed E-state index contributed by atoms with van der Waals surface area (Å²) in [6.45, 7) is 5.88. The van der Waals surface area contributed by atoms with Crippen molar-refractivity contribution in [3.63, 3.8) is 0 Å². The molecular weight excluding hydrogens is 304 g/mol. The first-order chi connectivity index (χ1) is 11.4. The van der Waals surface area contributed by atoms with Crippen molar-refractivity contribution in [3.05, 3.63) is 53.9 Å². The molecule has 0 saturated carbocycles. The zero-order valence-electron chi connectivity index (χ0n) is 14.0. The number of morpholine rings is 1. The van der Waals surface area contributed by atoms with Crippen molar-refractivity contribution in [1.82, 2.24) is 9.88 Å². The van der Waals surface area contributed by atoms with E-state index in [0.29, 0.717) is 31.9 Å². The first-order valence-electron chi connectivity index (χ1n) is 8.10. The Morgan fingerprint density at radius 2 is 1.92 bits per heavy atom. The lowest BCUT2D eigenvalue weighted by Crippen LogP contribution is -2.40. The van der Waals surface area contributed by atoms with Crippen molar-refractivity contribution in [3.8, 4) is 11.1 Å². The van der Waals surface area contributed by atoms with Crippen LogP contribution in [0.15, 0.2) is 42.7 Å². The van der Waals surface area contributed by atoms with Crippen LogP contribution in [0, 0.1) is 0 Å². The Bertz CT molecular complexity index is 731. The third kappa shape index (κ3) is 3.63. The van der Waals surface area contributed by atoms with Crippen molar-refractivity contribution in [2.75, 3.05) is 26.3 Å². The topological polar surface area (TPSA) is 62.7 Å². The fourth-order valence-corrected chi connectivity index (χ4v) is 2.71. The van der Waals surface area contributed by atoms with Crippen LogP contribution in [0.2, 0.25) is 0 Å². The second-order valence-electron chi connectivity index (χ2n) is 6.51. The Labute approximate surface area is 141 Å². The van der Waals surface area contributed by atoms with E-state index in [2.05, 4.69) is 4.98 Å². The summed E-state index contributed by atoms with van der Waals surface area (Å²) in [7, 11) is 0. The molecule has 2 aromatic rings. The predicted octanol–water partition coefficient (Wildman–Crippen LogP) is 2.45. The maximum Gasteiger partial charge on any atom is 0.254 e. The van der Waals surface area contributed by atoms with Crippen LogP contribution < -0.4 is 0 Å². The number of ether oxygens (including phenoxy) is 1. The molecule has 3 rings (SSSR count). The summed E-state index contributed by atoms with van der Waals surface area (Å²) in [6, 6.07) is 9.43. The van der Waals surface area contributed by atoms with Gasteiger partial charge in [-0.05, 0) is 37.6 Å². The maximum atomic E-state index is 12.6. The highest BCUT2D eigenvalue weighted by atomic mass is 16.5. The molecule has 1 aromatic carbocycles. The highest BCUT2D eigenvalue weighted by Crippen LogP contribution is 2.26. The molecule has 0 atom stereocenters. The van der Waals surface area contributed by atoms with Gasteiger partial charge in [0, 0.05) is 42.2 Å². The Hall–Kier alpha value is -2.24. The summed E-state index contributed by atoms with van der Waals surface area (Å²) in [5, 5.41) is 10.2. The number of carbonyl (C=O) groups is 1. The number of carbonyl (C=O) groups excluding carboxylic acids is 1. The van der Waals surface area contributed by atoms with Crippen molar-refractivity contribution < 1.29 is 14.6 Å². The van der Waals surface area contributed by atoms with Gasteiger partial charge in [0.1, 0.15) is 0 Å². The molecule has 1 aromatic heterocycles. The number of aliphatic hydroxyl groups is 1. The number of hydrogen-bond acceptors (Lipinski definition) is 4. The van der Waals surface area contributed by atoms with E-state index in [9.17, 15) is 9.90 Å². The van der Waals surface area contributed by atoms with Gasteiger partial charge in [-0.25, -0.2) is 0 Å². The summed E-state index contributed by atoms with van der Waals surface area (Å²) in [5.41, 5.74) is 2.23. The minimum atomic E-state index is -0.954. The number of hydrogen-bond donors (Lipinski definition) is 1. The van der Waals surface area contributed by atoms with E-state index in [0.717, 1.165) is 16.7 Å². The molecule has 1 saturated heterocycles. The highest BCUT2D eigenvalue weighted by molar-refractivity contribution is 5.95. The normalized spacial score (nSPS) is 15.4. The number of aromatic nitrogens is 1. The zero-order valence-corrected chi connectivity index (χ0v) is 14.0. The van der Waals surface area contributed by atoms with Gasteiger partial charge < -0.3 is 14.7 Å². The van der Waals surface area contributed by atoms with Crippen LogP contribution in [-0.4, -0.2) is 47.2 Å². The number of rotatable bonds is 3. The van der Waals surface area contributed by atoms with Crippen molar-refractivity contribution in [2.24, 2.45) is 0 Å². The van der Waals surface area contributed by atoms with Gasteiger partial charge >= 0.3 is 0 Å². The molecule has 1 aliphatic rings. The number of pyridine rings is 1. The van der Waals surface area contributed by atoms with Crippen LogP contribution in [0.3, 0.4) is 0 Å². The SMILES string of the molecule is CC(C)(O)c1cncc(-c2cccc(C(=O)N3CCOCC3)c2)c1. The van der Waals surface area contributed by atoms with Crippen LogP contribution in [-0.2, 0) is 10.3 Å². The van der Waals surface area contributed by atoms with E-state index in [-0.39, 0.29) is 5.91 Å². The average Bonchev–Trinajstić information content (AvgIpc) is 2.61. The summed E-state index contributed by atoms with van der Waals surface area (Å²) >= 11 is 0. The molecule has 5 nitrogen and oxygen atoms in total. The van der Waals surface area contributed by atoms with Gasteiger partial charge in [0.15, 0.2) is 0 Å². The van der Waals surface area contributed by atoms with E-state index in [1.165, 1.54) is 0 Å². The fraction of sp³-hybridized carbons (Fsp3) is 0.368. The minimum Gasteiger partial charge on any atom is -0.386 e. The maximum absolute atomic E-state index is 12.6. The van der Waals surface area contributed by atoms with Gasteiger partial charge in [0.2, 0.25) is 0 Å². The zero-order chi connectivity index (χ0) is 17.2. The lowest BCUT2D eigenvalue weighted by molar-refractivity contribution is 0.0303. The van der Waals surface area contributed by atoms with Crippen LogP contribution in [0.1, 0.15) is 29.8 Å². The Morgan fingerprint density at radius 3 is 2.62 bits per heavy atom. The third-order valence-electron chi connectivity index (χ3n) is 4.19. The molecule has 1 N–H and O–H groups in total. The van der Waals surface area contributed by atoms with Gasteiger partial charge in [-0.15, -0.1) is 0 Å². The van der Waals surface area contributed by atoms with Crippen molar-refractivity contribution >= 4 is 5.91 Å². The average molecular weight is 326 g/mol. The molecule has 0 spiro atoms. The number of amides is 1. The number of benzene rings is 1. The summed E-state index contributed by atoms with van der Waals surface area (Å²) < 4.78 is 5.30. The molecule has 0 radical (unpaired) electrons. The molecule has 0 bridgehead atoms. The molecule has 0 aliphatic carbocycles. The van der Waals surface area contributed by atoms with Gasteiger partial charge in [0.25, 0.3) is 5.91 Å². The first kappa shape index (κ1) is 16.6. The second-order valence-corrected chi connectivity index (χ2v) is 6.51. The molecule has 5 heteroatoms. The molecule has 1 aliphatic heterocycles. The molecule has 126 valence electrons. The Morgan fingerprint density at radius 1 is 1.17 bits per heavy atom. The Kier molecular flexibility index (Phi) is 4.64. The smallest absolute Gasteiger partial charge is 0.254 e. The van der Waals surface area contributed by atoms with E-state index >= 15 is 0 Å². The van der Waals surface area contributed by atoms with Crippen LogP contribution in [0.4, 0.5) is 0 Å². The van der Waals surface area contributed by atoms with Gasteiger partial charge in [0.05, 0.1) is 18.8 Å². The highest BCUT2D eigenvalue weighted by Gasteiger charge is 2.20. The van der Waals surface area contributed by atoms with E-state index in [1.54, 1.807) is 26.2 Å². The monoisotopic (exact) mass is 326 g/mol. The van der Waals surface area contributed by atoms with Crippen molar-refractivity contribution in [2.45, 2.75) is 19.4 Å². The second kappa shape index (κ2) is 6.71. The van der Waals surface area contributed by atoms with Gasteiger partial charge in [-0.3, -0.25) is 9.78 Å². The van der Waals surface area contributed by atoms with E-state index < -0.39 is 5.60 Å². The van der Waals surface area contributed by atoms with E-state index in [1.807, 2.05) is 35.2 Å². The lowest BCUT2D eigenvalue weighted by atomic mass is 9.96. The summed E-state index contributed by atoms with van der Waals surface area (Å²) in [5.74, 6) is 0.0201. The van der Waals surface area contributed by atoms with Crippen LogP contribution in [0.5, 0.6) is 0 Å². The third-order valence-corrected chi connectivity index (χ3v) is 4.19. The minimum absolute atomic E-state index is 0.0201. The van der Waals surface area contributed by atoms with Crippen LogP contribution in [0.25, 0.3) is 11.1 Å². The van der Waals surface area contributed by atoms with Gasteiger partial charge in [-0.2, -0.15) is 0 Å². The molecule has 1 amide bonds. The largest absolute Gasteiger partial charge is 0.386 e. The van der Waals surface area contributed by atoms with E-state index in [4.69, 9.17) is 4.74 Å². The quantitative estimate of drug-likeness (QED) is 0.941. The lowest BCUT2D eigenvalue weighted by Gasteiger charge is -2.27. The van der Waals surface area contributed by atoms with Crippen molar-refractivity contribution in [1.29, 1.82) is 0 Å². The molecule has 0 unspecified atom stereocenters. The fourth-order valence-electron chi connectivity index (χ4n) is 2.71. The molecule has 1 fully saturated rings. The molecule has 24 heavy (non-hydrogen) atoms. The van der Waals surface area contributed by atoms with Gasteiger partial charge in [-0.1, -0.05) is 12.1 Å². The Balaban J connectivity index is 1.89. The van der Waals surface area contributed by atoms with Crippen LogP contribution >= 0.6 is 0 Å². The first-order valence-corrected chi connectivity index (χ1v) is 8.10. The molecular formula is C19H22N2O3. The summed E-state index contributed by atoms with van der Waals surface area (Å²) in [6.07, 6.45) is 3.40. The standard InChI is InChI=1S/C19H22N2O3/c1-19(2,23)17-11-16(12-20-13-17)14-4-3-5-15(10-14)18(22)21-6-8-24-9-7-21/h3-5,10-13,23H,6-9H2,1-2H3.